The molecule has 0 saturated carbocycles. The van der Waals surface area contributed by atoms with Gasteiger partial charge < -0.3 is 9.52 Å². The highest BCUT2D eigenvalue weighted by Gasteiger charge is 2.06. The van der Waals surface area contributed by atoms with Crippen LogP contribution in [0.5, 0.6) is 0 Å². The molecule has 0 spiro atoms. The van der Waals surface area contributed by atoms with Crippen LogP contribution < -0.4 is 0 Å². The Hall–Kier alpha value is -1.28. The molecule has 2 heteroatoms. The number of hydrogen-bond acceptors (Lipinski definition) is 2. The van der Waals surface area contributed by atoms with E-state index in [0.717, 1.165) is 11.0 Å². The Morgan fingerprint density at radius 1 is 1.33 bits per heavy atom. The summed E-state index contributed by atoms with van der Waals surface area (Å²) in [6.07, 6.45) is -0.530. The van der Waals surface area contributed by atoms with Crippen LogP contribution >= 0.6 is 0 Å². The van der Waals surface area contributed by atoms with Crippen molar-refractivity contribution in [2.24, 2.45) is 0 Å². The Kier molecular flexibility index (Phi) is 1.62. The van der Waals surface area contributed by atoms with Crippen LogP contribution in [0.1, 0.15) is 18.8 Å². The van der Waals surface area contributed by atoms with Crippen molar-refractivity contribution < 1.29 is 9.52 Å². The van der Waals surface area contributed by atoms with E-state index in [0.29, 0.717) is 5.76 Å². The molecule has 2 aromatic rings. The molecule has 0 unspecified atom stereocenters. The largest absolute Gasteiger partial charge is 0.458 e. The van der Waals surface area contributed by atoms with E-state index in [-0.39, 0.29) is 0 Å². The molecule has 1 aromatic carbocycles. The molecule has 1 N–H and O–H groups in total. The minimum absolute atomic E-state index is 0.530. The summed E-state index contributed by atoms with van der Waals surface area (Å²) in [5.41, 5.74) is 0.827. The standard InChI is InChI=1S/C10H10O2/c1-7(11)10-6-8-4-2-3-5-9(8)12-10/h2-7,11H,1H3/t7-/m0/s1. The monoisotopic (exact) mass is 162 g/mol. The number of aliphatic hydroxyl groups excluding tert-OH is 1. The number of benzene rings is 1. The second-order valence-corrected chi connectivity index (χ2v) is 2.86. The molecular formula is C10H10O2. The molecule has 0 saturated heterocycles. The number of hydrogen-bond donors (Lipinski definition) is 1. The number of furan rings is 1. The van der Waals surface area contributed by atoms with E-state index >= 15 is 0 Å². The fourth-order valence-corrected chi connectivity index (χ4v) is 1.21. The first-order valence-corrected chi connectivity index (χ1v) is 3.94. The molecule has 0 aliphatic rings. The summed E-state index contributed by atoms with van der Waals surface area (Å²) >= 11 is 0. The molecule has 0 radical (unpaired) electrons. The molecule has 2 rings (SSSR count). The predicted molar refractivity (Wildman–Crippen MR) is 46.8 cm³/mol. The van der Waals surface area contributed by atoms with Crippen LogP contribution in [-0.4, -0.2) is 5.11 Å². The van der Waals surface area contributed by atoms with Gasteiger partial charge in [-0.2, -0.15) is 0 Å². The molecule has 0 amide bonds. The number of rotatable bonds is 1. The van der Waals surface area contributed by atoms with Gasteiger partial charge in [0, 0.05) is 5.39 Å². The van der Waals surface area contributed by atoms with Gasteiger partial charge in [-0.1, -0.05) is 18.2 Å². The Labute approximate surface area is 70.4 Å². The zero-order valence-corrected chi connectivity index (χ0v) is 6.82. The summed E-state index contributed by atoms with van der Waals surface area (Å²) in [6.45, 7) is 1.69. The molecule has 0 aliphatic heterocycles. The normalized spacial score (nSPS) is 13.5. The summed E-state index contributed by atoms with van der Waals surface area (Å²) in [5.74, 6) is 0.621. The van der Waals surface area contributed by atoms with Gasteiger partial charge in [0.15, 0.2) is 0 Å². The summed E-state index contributed by atoms with van der Waals surface area (Å²) in [4.78, 5) is 0. The maximum Gasteiger partial charge on any atom is 0.134 e. The highest BCUT2D eigenvalue weighted by molar-refractivity contribution is 5.77. The first kappa shape index (κ1) is 7.37. The quantitative estimate of drug-likeness (QED) is 0.698. The van der Waals surface area contributed by atoms with Gasteiger partial charge in [-0.15, -0.1) is 0 Å². The van der Waals surface area contributed by atoms with Gasteiger partial charge in [0.2, 0.25) is 0 Å². The number of para-hydroxylation sites is 1. The molecule has 62 valence electrons. The van der Waals surface area contributed by atoms with Crippen LogP contribution in [-0.2, 0) is 0 Å². The predicted octanol–water partition coefficient (Wildman–Crippen LogP) is 2.49. The van der Waals surface area contributed by atoms with E-state index in [1.54, 1.807) is 6.92 Å². The van der Waals surface area contributed by atoms with E-state index in [2.05, 4.69) is 0 Å². The van der Waals surface area contributed by atoms with E-state index in [1.807, 2.05) is 30.3 Å². The second-order valence-electron chi connectivity index (χ2n) is 2.86. The van der Waals surface area contributed by atoms with Crippen LogP contribution in [0.3, 0.4) is 0 Å². The molecule has 0 aliphatic carbocycles. The topological polar surface area (TPSA) is 33.4 Å². The third-order valence-corrected chi connectivity index (χ3v) is 1.86. The second kappa shape index (κ2) is 2.64. The highest BCUT2D eigenvalue weighted by atomic mass is 16.4. The Morgan fingerprint density at radius 2 is 2.08 bits per heavy atom. The van der Waals surface area contributed by atoms with Gasteiger partial charge >= 0.3 is 0 Å². The van der Waals surface area contributed by atoms with Crippen molar-refractivity contribution in [3.63, 3.8) is 0 Å². The molecule has 0 fully saturated rings. The summed E-state index contributed by atoms with van der Waals surface area (Å²) in [7, 11) is 0. The molecule has 1 atom stereocenters. The van der Waals surface area contributed by atoms with Crippen LogP contribution in [0.25, 0.3) is 11.0 Å². The van der Waals surface area contributed by atoms with Crippen LogP contribution in [0, 0.1) is 0 Å². The third kappa shape index (κ3) is 1.10. The van der Waals surface area contributed by atoms with E-state index in [9.17, 15) is 5.11 Å². The summed E-state index contributed by atoms with van der Waals surface area (Å²) in [5, 5.41) is 10.3. The minimum Gasteiger partial charge on any atom is -0.458 e. The van der Waals surface area contributed by atoms with Gasteiger partial charge in [-0.05, 0) is 19.1 Å². The SMILES string of the molecule is C[C@H](O)c1cc2ccccc2o1. The van der Waals surface area contributed by atoms with Crippen LogP contribution in [0.2, 0.25) is 0 Å². The van der Waals surface area contributed by atoms with E-state index in [1.165, 1.54) is 0 Å². The van der Waals surface area contributed by atoms with Gasteiger partial charge in [0.1, 0.15) is 17.4 Å². The fourth-order valence-electron chi connectivity index (χ4n) is 1.21. The lowest BCUT2D eigenvalue weighted by Gasteiger charge is -1.95. The van der Waals surface area contributed by atoms with Crippen molar-refractivity contribution in [3.8, 4) is 0 Å². The average molecular weight is 162 g/mol. The first-order valence-electron chi connectivity index (χ1n) is 3.94. The lowest BCUT2D eigenvalue weighted by atomic mass is 10.2. The average Bonchev–Trinajstić information content (AvgIpc) is 2.46. The maximum absolute atomic E-state index is 9.23. The first-order chi connectivity index (χ1) is 5.77. The lowest BCUT2D eigenvalue weighted by molar-refractivity contribution is 0.172. The lowest BCUT2D eigenvalue weighted by Crippen LogP contribution is -1.85. The van der Waals surface area contributed by atoms with Crippen molar-refractivity contribution >= 4 is 11.0 Å². The minimum atomic E-state index is -0.530. The van der Waals surface area contributed by atoms with Gasteiger partial charge in [-0.3, -0.25) is 0 Å². The van der Waals surface area contributed by atoms with Crippen molar-refractivity contribution in [2.75, 3.05) is 0 Å². The Bertz CT molecular complexity index is 354. The molecule has 1 aromatic heterocycles. The van der Waals surface area contributed by atoms with Crippen molar-refractivity contribution in [2.45, 2.75) is 13.0 Å². The van der Waals surface area contributed by atoms with Gasteiger partial charge in [0.05, 0.1) is 0 Å². The molecule has 0 bridgehead atoms. The van der Waals surface area contributed by atoms with Gasteiger partial charge in [-0.25, -0.2) is 0 Å². The number of fused-ring (bicyclic) bond motifs is 1. The van der Waals surface area contributed by atoms with Crippen LogP contribution in [0.15, 0.2) is 34.7 Å². The zero-order valence-electron chi connectivity index (χ0n) is 6.82. The Balaban J connectivity index is 2.62. The smallest absolute Gasteiger partial charge is 0.134 e. The Morgan fingerprint density at radius 3 is 2.75 bits per heavy atom. The van der Waals surface area contributed by atoms with Crippen molar-refractivity contribution in [1.82, 2.24) is 0 Å². The molecule has 2 nitrogen and oxygen atoms in total. The molecule has 1 heterocycles. The zero-order chi connectivity index (χ0) is 8.55. The molecular weight excluding hydrogens is 152 g/mol. The van der Waals surface area contributed by atoms with Crippen molar-refractivity contribution in [1.29, 1.82) is 0 Å². The summed E-state index contributed by atoms with van der Waals surface area (Å²) < 4.78 is 5.38. The van der Waals surface area contributed by atoms with Crippen molar-refractivity contribution in [3.05, 3.63) is 36.1 Å². The third-order valence-electron chi connectivity index (χ3n) is 1.86. The molecule has 12 heavy (non-hydrogen) atoms. The van der Waals surface area contributed by atoms with E-state index in [4.69, 9.17) is 4.42 Å². The maximum atomic E-state index is 9.23. The van der Waals surface area contributed by atoms with Gasteiger partial charge in [0.25, 0.3) is 0 Å². The van der Waals surface area contributed by atoms with E-state index < -0.39 is 6.10 Å². The van der Waals surface area contributed by atoms with Crippen LogP contribution in [0.4, 0.5) is 0 Å². The fraction of sp³-hybridized carbons (Fsp3) is 0.200. The summed E-state index contributed by atoms with van der Waals surface area (Å²) in [6, 6.07) is 9.58. The number of aliphatic hydroxyl groups is 1. The highest BCUT2D eigenvalue weighted by Crippen LogP contribution is 2.22.